The molecule has 0 spiro atoms. The molecule has 0 unspecified atom stereocenters. The number of nitriles is 1. The summed E-state index contributed by atoms with van der Waals surface area (Å²) in [5.41, 5.74) is -1.38. The lowest BCUT2D eigenvalue weighted by molar-refractivity contribution is -0.153. The maximum Gasteiger partial charge on any atom is 0.422 e. The van der Waals surface area contributed by atoms with Gasteiger partial charge in [0.1, 0.15) is 17.3 Å². The number of hydrogen-bond acceptors (Lipinski definition) is 8. The van der Waals surface area contributed by atoms with Gasteiger partial charge in [0, 0.05) is 12.6 Å². The minimum Gasteiger partial charge on any atom is -0.484 e. The number of alkyl halides is 3. The molecule has 6 rings (SSSR count). The van der Waals surface area contributed by atoms with E-state index in [0.29, 0.717) is 42.7 Å². The van der Waals surface area contributed by atoms with Crippen LogP contribution < -0.4 is 19.5 Å². The van der Waals surface area contributed by atoms with Crippen LogP contribution in [0.3, 0.4) is 0 Å². The Hall–Kier alpha value is -3.70. The van der Waals surface area contributed by atoms with Crippen LogP contribution in [0.25, 0.3) is 0 Å². The summed E-state index contributed by atoms with van der Waals surface area (Å²) in [4.78, 5) is 28.5. The molecule has 0 aromatic heterocycles. The largest absolute Gasteiger partial charge is 0.484 e. The van der Waals surface area contributed by atoms with Gasteiger partial charge in [0.2, 0.25) is 18.6 Å². The van der Waals surface area contributed by atoms with Crippen LogP contribution in [-0.4, -0.2) is 68.1 Å². The number of sulfone groups is 1. The molecule has 0 bridgehead atoms. The molecule has 1 saturated heterocycles. The molecule has 2 aromatic carbocycles. The first-order chi connectivity index (χ1) is 20.3. The number of ether oxygens (including phenoxy) is 3. The van der Waals surface area contributed by atoms with Crippen molar-refractivity contribution in [2.24, 2.45) is 0 Å². The fourth-order valence-corrected chi connectivity index (χ4v) is 7.80. The molecular weight excluding hydrogens is 615 g/mol. The lowest BCUT2D eigenvalue weighted by Gasteiger charge is -2.29. The van der Waals surface area contributed by atoms with Crippen LogP contribution in [0.4, 0.5) is 13.2 Å². The zero-order valence-corrected chi connectivity index (χ0v) is 24.0. The first kappa shape index (κ1) is 29.4. The highest BCUT2D eigenvalue weighted by Gasteiger charge is 2.58. The molecule has 10 nitrogen and oxygen atoms in total. The number of benzene rings is 2. The molecular formula is C28H25ClF3N3O7S. The lowest BCUT2D eigenvalue weighted by atomic mass is 9.93. The average Bonchev–Trinajstić information content (AvgIpc) is 3.82. The van der Waals surface area contributed by atoms with Crippen molar-refractivity contribution in [1.82, 2.24) is 10.2 Å². The Labute approximate surface area is 249 Å². The van der Waals surface area contributed by atoms with E-state index in [-0.39, 0.29) is 35.4 Å². The summed E-state index contributed by atoms with van der Waals surface area (Å²) < 4.78 is 80.7. The van der Waals surface area contributed by atoms with E-state index in [1.165, 1.54) is 4.90 Å². The quantitative estimate of drug-likeness (QED) is 0.463. The zero-order chi connectivity index (χ0) is 30.8. The van der Waals surface area contributed by atoms with Crippen LogP contribution in [-0.2, 0) is 24.8 Å². The number of amides is 2. The number of nitrogens with zero attached hydrogens (tertiary/aromatic N) is 2. The fraction of sp³-hybridized carbons (Fsp3) is 0.464. The van der Waals surface area contributed by atoms with Crippen LogP contribution in [0.1, 0.15) is 37.7 Å². The Morgan fingerprint density at radius 2 is 1.84 bits per heavy atom. The van der Waals surface area contributed by atoms with Crippen molar-refractivity contribution in [2.45, 2.75) is 65.4 Å². The van der Waals surface area contributed by atoms with E-state index in [2.05, 4.69) is 16.1 Å². The van der Waals surface area contributed by atoms with E-state index in [0.717, 1.165) is 18.2 Å². The third-order valence-corrected chi connectivity index (χ3v) is 10.9. The Kier molecular flexibility index (Phi) is 6.96. The Bertz CT molecular complexity index is 1650. The summed E-state index contributed by atoms with van der Waals surface area (Å²) >= 11 is 6.21. The highest BCUT2D eigenvalue weighted by atomic mass is 35.5. The monoisotopic (exact) mass is 639 g/mol. The second-order valence-corrected chi connectivity index (χ2v) is 13.8. The van der Waals surface area contributed by atoms with Crippen LogP contribution >= 0.6 is 11.6 Å². The SMILES string of the molecule is N#CC1(NC(=O)[C@@H]2C[C@@H](S(=O)(=O)c3ccc(OCC(F)(F)F)cc3Cl)CN2C(=O)C2(c3ccc4c(c3)OCO4)CC2)CC1. The van der Waals surface area contributed by atoms with Gasteiger partial charge in [-0.15, -0.1) is 0 Å². The normalized spacial score (nSPS) is 22.9. The third-order valence-electron chi connectivity index (χ3n) is 8.29. The summed E-state index contributed by atoms with van der Waals surface area (Å²) in [5, 5.41) is 10.6. The summed E-state index contributed by atoms with van der Waals surface area (Å²) in [5.74, 6) is -0.307. The van der Waals surface area contributed by atoms with Gasteiger partial charge in [-0.05, 0) is 61.9 Å². The molecule has 0 radical (unpaired) electrons. The first-order valence-electron chi connectivity index (χ1n) is 13.4. The molecule has 1 N–H and O–H groups in total. The smallest absolute Gasteiger partial charge is 0.422 e. The van der Waals surface area contributed by atoms with Crippen molar-refractivity contribution in [3.05, 3.63) is 47.0 Å². The molecule has 2 heterocycles. The predicted molar refractivity (Wildman–Crippen MR) is 143 cm³/mol. The average molecular weight is 640 g/mol. The van der Waals surface area contributed by atoms with Gasteiger partial charge in [-0.2, -0.15) is 18.4 Å². The van der Waals surface area contributed by atoms with Gasteiger partial charge in [-0.3, -0.25) is 9.59 Å². The van der Waals surface area contributed by atoms with Crippen molar-refractivity contribution in [2.75, 3.05) is 19.9 Å². The maximum atomic E-state index is 14.1. The molecule has 2 amide bonds. The van der Waals surface area contributed by atoms with Crippen molar-refractivity contribution in [1.29, 1.82) is 5.26 Å². The van der Waals surface area contributed by atoms with E-state index in [1.54, 1.807) is 18.2 Å². The number of hydrogen-bond donors (Lipinski definition) is 1. The van der Waals surface area contributed by atoms with Crippen molar-refractivity contribution >= 4 is 33.3 Å². The van der Waals surface area contributed by atoms with Crippen molar-refractivity contribution in [3.8, 4) is 23.3 Å². The summed E-state index contributed by atoms with van der Waals surface area (Å²) in [6.45, 7) is -1.86. The molecule has 15 heteroatoms. The van der Waals surface area contributed by atoms with Crippen molar-refractivity contribution < 1.29 is 45.4 Å². The summed E-state index contributed by atoms with van der Waals surface area (Å²) in [6, 6.07) is 9.12. The summed E-state index contributed by atoms with van der Waals surface area (Å²) in [7, 11) is -4.28. The Morgan fingerprint density at radius 3 is 2.47 bits per heavy atom. The molecule has 3 fully saturated rings. The first-order valence-corrected chi connectivity index (χ1v) is 15.4. The maximum absolute atomic E-state index is 14.1. The van der Waals surface area contributed by atoms with Crippen LogP contribution in [0.15, 0.2) is 41.3 Å². The Morgan fingerprint density at radius 1 is 1.12 bits per heavy atom. The zero-order valence-electron chi connectivity index (χ0n) is 22.4. The second-order valence-electron chi connectivity index (χ2n) is 11.2. The lowest BCUT2D eigenvalue weighted by Crippen LogP contribution is -2.51. The van der Waals surface area contributed by atoms with Gasteiger partial charge in [0.25, 0.3) is 0 Å². The number of rotatable bonds is 8. The van der Waals surface area contributed by atoms with Crippen molar-refractivity contribution in [3.63, 3.8) is 0 Å². The molecule has 2 aliphatic heterocycles. The van der Waals surface area contributed by atoms with Crippen LogP contribution in [0, 0.1) is 11.3 Å². The molecule has 2 aliphatic carbocycles. The number of fused-ring (bicyclic) bond motifs is 1. The number of halogens is 4. The van der Waals surface area contributed by atoms with Gasteiger partial charge < -0.3 is 24.4 Å². The highest BCUT2D eigenvalue weighted by molar-refractivity contribution is 7.92. The topological polar surface area (TPSA) is 135 Å². The molecule has 4 aliphatic rings. The van der Waals surface area contributed by atoms with E-state index >= 15 is 0 Å². The van der Waals surface area contributed by atoms with E-state index in [4.69, 9.17) is 21.1 Å². The van der Waals surface area contributed by atoms with Gasteiger partial charge >= 0.3 is 6.18 Å². The minimum atomic E-state index is -4.60. The standard InChI is InChI=1S/C28H25ClF3N3O7S/c29-19-10-17(40-14-28(30,31)32)2-4-23(19)43(38,39)18-11-20(24(36)34-26(13-33)5-6-26)35(12-18)25(37)27(7-8-27)16-1-3-21-22(9-16)42-15-41-21/h1-4,9-10,18,20H,5-8,11-12,14-15H2,(H,34,36)/t18-,20+/m1/s1. The van der Waals surface area contributed by atoms with Crippen LogP contribution in [0.2, 0.25) is 5.02 Å². The second kappa shape index (κ2) is 10.2. The number of likely N-dealkylation sites (tertiary alicyclic amines) is 1. The highest BCUT2D eigenvalue weighted by Crippen LogP contribution is 2.53. The number of nitrogens with one attached hydrogen (secondary N) is 1. The molecule has 43 heavy (non-hydrogen) atoms. The van der Waals surface area contributed by atoms with Gasteiger partial charge in [-0.25, -0.2) is 8.42 Å². The number of carbonyl (C=O) groups excluding carboxylic acids is 2. The predicted octanol–water partition coefficient (Wildman–Crippen LogP) is 3.66. The number of carbonyl (C=O) groups is 2. The molecule has 228 valence electrons. The molecule has 2 saturated carbocycles. The van der Waals surface area contributed by atoms with Gasteiger partial charge in [0.15, 0.2) is 27.9 Å². The Balaban J connectivity index is 1.28. The van der Waals surface area contributed by atoms with Crippen LogP contribution in [0.5, 0.6) is 17.2 Å². The van der Waals surface area contributed by atoms with E-state index < -0.39 is 56.7 Å². The van der Waals surface area contributed by atoms with E-state index in [9.17, 15) is 36.4 Å². The molecule has 2 aromatic rings. The third kappa shape index (κ3) is 5.44. The minimum absolute atomic E-state index is 0.0479. The summed E-state index contributed by atoms with van der Waals surface area (Å²) in [6.07, 6.45) is -3.03. The molecule has 2 atom stereocenters. The van der Waals surface area contributed by atoms with Gasteiger partial charge in [-0.1, -0.05) is 17.7 Å². The fourth-order valence-electron chi connectivity index (χ4n) is 5.57. The van der Waals surface area contributed by atoms with Gasteiger partial charge in [0.05, 0.1) is 26.7 Å². The van der Waals surface area contributed by atoms with E-state index in [1.807, 2.05) is 0 Å².